The summed E-state index contributed by atoms with van der Waals surface area (Å²) in [5.41, 5.74) is 3.76. The third-order valence-electron chi connectivity index (χ3n) is 3.64. The van der Waals surface area contributed by atoms with Crippen LogP contribution < -0.4 is 4.90 Å². The van der Waals surface area contributed by atoms with Crippen LogP contribution in [0.5, 0.6) is 0 Å². The van der Waals surface area contributed by atoms with E-state index in [1.54, 1.807) is 0 Å². The van der Waals surface area contributed by atoms with Crippen molar-refractivity contribution < 1.29 is 0 Å². The van der Waals surface area contributed by atoms with Gasteiger partial charge in [-0.3, -0.25) is 0 Å². The molecule has 94 valence electrons. The standard InChI is InChI=1S/C15H19N3/c1-17-9-11-18(12-10-17)14-6-4-13(5-7-14)15-3-2-8-16-15/h2-8,16H,9-12H2,1H3. The normalized spacial score (nSPS) is 17.1. The van der Waals surface area contributed by atoms with Gasteiger partial charge in [0.2, 0.25) is 0 Å². The van der Waals surface area contributed by atoms with Gasteiger partial charge in [-0.25, -0.2) is 0 Å². The highest BCUT2D eigenvalue weighted by Gasteiger charge is 2.13. The molecule has 18 heavy (non-hydrogen) atoms. The Hall–Kier alpha value is -1.74. The van der Waals surface area contributed by atoms with Crippen LogP contribution in [-0.4, -0.2) is 43.1 Å². The summed E-state index contributed by atoms with van der Waals surface area (Å²) in [5, 5.41) is 0. The minimum Gasteiger partial charge on any atom is -0.369 e. The van der Waals surface area contributed by atoms with Gasteiger partial charge in [0.05, 0.1) is 0 Å². The number of piperazine rings is 1. The summed E-state index contributed by atoms with van der Waals surface area (Å²) in [6.45, 7) is 4.55. The van der Waals surface area contributed by atoms with Gasteiger partial charge in [0.1, 0.15) is 0 Å². The monoisotopic (exact) mass is 241 g/mol. The van der Waals surface area contributed by atoms with Crippen molar-refractivity contribution in [1.29, 1.82) is 0 Å². The number of likely N-dealkylation sites (N-methyl/N-ethyl adjacent to an activating group) is 1. The lowest BCUT2D eigenvalue weighted by Gasteiger charge is -2.34. The zero-order valence-electron chi connectivity index (χ0n) is 10.8. The molecular weight excluding hydrogens is 222 g/mol. The van der Waals surface area contributed by atoms with Crippen LogP contribution >= 0.6 is 0 Å². The summed E-state index contributed by atoms with van der Waals surface area (Å²) in [6, 6.07) is 13.0. The molecule has 0 spiro atoms. The van der Waals surface area contributed by atoms with Crippen molar-refractivity contribution in [2.45, 2.75) is 0 Å². The fraction of sp³-hybridized carbons (Fsp3) is 0.333. The number of hydrogen-bond donors (Lipinski definition) is 1. The molecule has 1 saturated heterocycles. The molecule has 1 N–H and O–H groups in total. The van der Waals surface area contributed by atoms with Gasteiger partial charge in [0, 0.05) is 43.8 Å². The van der Waals surface area contributed by atoms with E-state index in [4.69, 9.17) is 0 Å². The Morgan fingerprint density at radius 2 is 1.67 bits per heavy atom. The molecule has 0 saturated carbocycles. The number of aromatic nitrogens is 1. The topological polar surface area (TPSA) is 22.3 Å². The van der Waals surface area contributed by atoms with E-state index in [1.165, 1.54) is 16.9 Å². The molecule has 1 aromatic carbocycles. The van der Waals surface area contributed by atoms with E-state index in [0.29, 0.717) is 0 Å². The number of benzene rings is 1. The first kappa shape index (κ1) is 11.4. The Labute approximate surface area is 108 Å². The van der Waals surface area contributed by atoms with Crippen molar-refractivity contribution >= 4 is 5.69 Å². The number of hydrogen-bond acceptors (Lipinski definition) is 2. The smallest absolute Gasteiger partial charge is 0.0453 e. The number of anilines is 1. The van der Waals surface area contributed by atoms with Gasteiger partial charge in [0.15, 0.2) is 0 Å². The van der Waals surface area contributed by atoms with Crippen molar-refractivity contribution in [2.24, 2.45) is 0 Å². The first-order chi connectivity index (χ1) is 8.83. The van der Waals surface area contributed by atoms with Gasteiger partial charge >= 0.3 is 0 Å². The highest BCUT2D eigenvalue weighted by molar-refractivity contribution is 5.63. The number of aromatic amines is 1. The summed E-state index contributed by atoms with van der Waals surface area (Å²) in [4.78, 5) is 8.07. The molecule has 0 atom stereocenters. The van der Waals surface area contributed by atoms with Crippen LogP contribution in [0.15, 0.2) is 42.6 Å². The molecule has 2 aromatic rings. The van der Waals surface area contributed by atoms with E-state index in [-0.39, 0.29) is 0 Å². The first-order valence-corrected chi connectivity index (χ1v) is 6.50. The molecule has 0 unspecified atom stereocenters. The van der Waals surface area contributed by atoms with E-state index in [2.05, 4.69) is 52.2 Å². The number of rotatable bonds is 2. The van der Waals surface area contributed by atoms with Gasteiger partial charge < -0.3 is 14.8 Å². The summed E-state index contributed by atoms with van der Waals surface area (Å²) in [6.07, 6.45) is 1.96. The zero-order valence-corrected chi connectivity index (χ0v) is 10.8. The fourth-order valence-electron chi connectivity index (χ4n) is 2.43. The van der Waals surface area contributed by atoms with Crippen molar-refractivity contribution in [2.75, 3.05) is 38.1 Å². The van der Waals surface area contributed by atoms with Gasteiger partial charge in [0.25, 0.3) is 0 Å². The summed E-state index contributed by atoms with van der Waals surface area (Å²) < 4.78 is 0. The van der Waals surface area contributed by atoms with Crippen LogP contribution in [0.25, 0.3) is 11.3 Å². The molecule has 3 heteroatoms. The number of nitrogens with one attached hydrogen (secondary N) is 1. The van der Waals surface area contributed by atoms with E-state index in [9.17, 15) is 0 Å². The SMILES string of the molecule is CN1CCN(c2ccc(-c3ccc[nH]3)cc2)CC1. The van der Waals surface area contributed by atoms with Crippen LogP contribution in [0.2, 0.25) is 0 Å². The Bertz CT molecular complexity index is 479. The maximum atomic E-state index is 3.24. The molecule has 2 heterocycles. The van der Waals surface area contributed by atoms with Crippen LogP contribution in [0.3, 0.4) is 0 Å². The van der Waals surface area contributed by atoms with E-state index in [0.717, 1.165) is 26.2 Å². The molecule has 1 fully saturated rings. The van der Waals surface area contributed by atoms with E-state index in [1.807, 2.05) is 12.3 Å². The lowest BCUT2D eigenvalue weighted by atomic mass is 10.1. The Balaban J connectivity index is 1.75. The highest BCUT2D eigenvalue weighted by atomic mass is 15.2. The molecule has 3 rings (SSSR count). The average molecular weight is 241 g/mol. The third-order valence-corrected chi connectivity index (χ3v) is 3.64. The second-order valence-electron chi connectivity index (χ2n) is 4.92. The summed E-state index contributed by atoms with van der Waals surface area (Å²) in [5.74, 6) is 0. The average Bonchev–Trinajstić information content (AvgIpc) is 2.94. The van der Waals surface area contributed by atoms with Crippen molar-refractivity contribution in [3.63, 3.8) is 0 Å². The van der Waals surface area contributed by atoms with Crippen LogP contribution in [0.4, 0.5) is 5.69 Å². The maximum Gasteiger partial charge on any atom is 0.0453 e. The maximum absolute atomic E-state index is 3.24. The van der Waals surface area contributed by atoms with Gasteiger partial charge in [-0.2, -0.15) is 0 Å². The summed E-state index contributed by atoms with van der Waals surface area (Å²) >= 11 is 0. The third kappa shape index (κ3) is 2.27. The minimum absolute atomic E-state index is 1.12. The predicted octanol–water partition coefficient (Wildman–Crippen LogP) is 2.43. The molecule has 0 amide bonds. The largest absolute Gasteiger partial charge is 0.369 e. The fourth-order valence-corrected chi connectivity index (χ4v) is 2.43. The molecule has 3 nitrogen and oxygen atoms in total. The summed E-state index contributed by atoms with van der Waals surface area (Å²) in [7, 11) is 2.19. The number of nitrogens with zero attached hydrogens (tertiary/aromatic N) is 2. The van der Waals surface area contributed by atoms with Gasteiger partial charge in [-0.15, -0.1) is 0 Å². The molecular formula is C15H19N3. The second-order valence-corrected chi connectivity index (χ2v) is 4.92. The predicted molar refractivity (Wildman–Crippen MR) is 75.9 cm³/mol. The second kappa shape index (κ2) is 4.86. The van der Waals surface area contributed by atoms with Crippen LogP contribution in [0, 0.1) is 0 Å². The molecule has 1 aromatic heterocycles. The molecule has 0 radical (unpaired) electrons. The zero-order chi connectivity index (χ0) is 12.4. The first-order valence-electron chi connectivity index (χ1n) is 6.50. The van der Waals surface area contributed by atoms with Crippen molar-refractivity contribution in [1.82, 2.24) is 9.88 Å². The molecule has 1 aliphatic heterocycles. The molecule has 0 aliphatic carbocycles. The highest BCUT2D eigenvalue weighted by Crippen LogP contribution is 2.22. The Morgan fingerprint density at radius 1 is 0.944 bits per heavy atom. The number of H-pyrrole nitrogens is 1. The van der Waals surface area contributed by atoms with Crippen molar-refractivity contribution in [3.8, 4) is 11.3 Å². The van der Waals surface area contributed by atoms with E-state index >= 15 is 0 Å². The Kier molecular flexibility index (Phi) is 3.07. The van der Waals surface area contributed by atoms with E-state index < -0.39 is 0 Å². The quantitative estimate of drug-likeness (QED) is 0.872. The minimum atomic E-state index is 1.12. The molecule has 1 aliphatic rings. The Morgan fingerprint density at radius 3 is 2.28 bits per heavy atom. The molecule has 0 bridgehead atoms. The van der Waals surface area contributed by atoms with Crippen LogP contribution in [0.1, 0.15) is 0 Å². The lowest BCUT2D eigenvalue weighted by molar-refractivity contribution is 0.313. The van der Waals surface area contributed by atoms with Gasteiger partial charge in [-0.05, 0) is 36.9 Å². The van der Waals surface area contributed by atoms with Crippen molar-refractivity contribution in [3.05, 3.63) is 42.6 Å². The van der Waals surface area contributed by atoms with Gasteiger partial charge in [-0.1, -0.05) is 12.1 Å². The van der Waals surface area contributed by atoms with Crippen LogP contribution in [-0.2, 0) is 0 Å². The lowest BCUT2D eigenvalue weighted by Crippen LogP contribution is -2.44.